The Balaban J connectivity index is 1.90. The number of carbonyl (C=O) groups excluding carboxylic acids is 2. The molecule has 0 spiro atoms. The van der Waals surface area contributed by atoms with Gasteiger partial charge in [-0.2, -0.15) is 0 Å². The maximum Gasteiger partial charge on any atom is 0.326 e. The molecule has 3 aliphatic rings. The Morgan fingerprint density at radius 3 is 2.15 bits per heavy atom. The molecule has 1 N–H and O–H groups in total. The minimum atomic E-state index is -1.08. The van der Waals surface area contributed by atoms with Gasteiger partial charge in [-0.3, -0.25) is 14.5 Å². The van der Waals surface area contributed by atoms with Gasteiger partial charge >= 0.3 is 5.97 Å². The van der Waals surface area contributed by atoms with Gasteiger partial charge in [0.1, 0.15) is 6.04 Å². The second-order valence-electron chi connectivity index (χ2n) is 6.53. The molecule has 5 atom stereocenters. The number of rotatable bonds is 4. The molecule has 108 valence electrons. The molecule has 20 heavy (non-hydrogen) atoms. The minimum Gasteiger partial charge on any atom is -0.480 e. The van der Waals surface area contributed by atoms with Crippen LogP contribution in [-0.4, -0.2) is 33.8 Å². The predicted molar refractivity (Wildman–Crippen MR) is 70.4 cm³/mol. The number of likely N-dealkylation sites (tertiary alicyclic amines) is 1. The summed E-state index contributed by atoms with van der Waals surface area (Å²) >= 11 is 0. The average Bonchev–Trinajstić information content (AvgIpc) is 3.01. The van der Waals surface area contributed by atoms with Crippen molar-refractivity contribution < 1.29 is 19.5 Å². The molecule has 2 amide bonds. The van der Waals surface area contributed by atoms with Gasteiger partial charge in [-0.05, 0) is 30.6 Å². The van der Waals surface area contributed by atoms with Gasteiger partial charge in [0.15, 0.2) is 0 Å². The highest BCUT2D eigenvalue weighted by Crippen LogP contribution is 2.53. The number of allylic oxidation sites excluding steroid dienone is 2. The highest BCUT2D eigenvalue weighted by molar-refractivity contribution is 6.08. The number of hydrogen-bond acceptors (Lipinski definition) is 3. The first-order valence-corrected chi connectivity index (χ1v) is 7.20. The average molecular weight is 277 g/mol. The van der Waals surface area contributed by atoms with Crippen LogP contribution in [0.3, 0.4) is 0 Å². The van der Waals surface area contributed by atoms with Gasteiger partial charge in [-0.25, -0.2) is 4.79 Å². The van der Waals surface area contributed by atoms with E-state index in [1.165, 1.54) is 0 Å². The summed E-state index contributed by atoms with van der Waals surface area (Å²) in [5.41, 5.74) is 0. The molecule has 1 saturated heterocycles. The third-order valence-corrected chi connectivity index (χ3v) is 4.80. The fourth-order valence-corrected chi connectivity index (χ4v) is 4.00. The van der Waals surface area contributed by atoms with Crippen molar-refractivity contribution in [1.29, 1.82) is 0 Å². The number of amides is 2. The minimum absolute atomic E-state index is 0.118. The van der Waals surface area contributed by atoms with Crippen LogP contribution in [0, 0.1) is 29.6 Å². The molecular weight excluding hydrogens is 258 g/mol. The molecule has 2 fully saturated rings. The number of aliphatic carboxylic acids is 1. The Hall–Kier alpha value is -1.65. The molecule has 3 rings (SSSR count). The van der Waals surface area contributed by atoms with E-state index < -0.39 is 12.0 Å². The molecule has 2 bridgehead atoms. The van der Waals surface area contributed by atoms with Crippen molar-refractivity contribution >= 4 is 17.8 Å². The number of hydrogen-bond donors (Lipinski definition) is 1. The smallest absolute Gasteiger partial charge is 0.326 e. The van der Waals surface area contributed by atoms with Crippen LogP contribution in [0.2, 0.25) is 0 Å². The second-order valence-corrected chi connectivity index (χ2v) is 6.53. The first-order chi connectivity index (χ1) is 9.41. The first kappa shape index (κ1) is 13.3. The summed E-state index contributed by atoms with van der Waals surface area (Å²) in [5, 5.41) is 9.37. The molecule has 1 aliphatic heterocycles. The number of fused-ring (bicyclic) bond motifs is 5. The molecular formula is C15H19NO4. The van der Waals surface area contributed by atoms with Crippen molar-refractivity contribution in [3.8, 4) is 0 Å². The molecule has 0 aromatic rings. The lowest BCUT2D eigenvalue weighted by Gasteiger charge is -2.25. The Morgan fingerprint density at radius 2 is 1.75 bits per heavy atom. The van der Waals surface area contributed by atoms with Gasteiger partial charge in [0.25, 0.3) is 0 Å². The van der Waals surface area contributed by atoms with Crippen LogP contribution in [0.1, 0.15) is 26.7 Å². The summed E-state index contributed by atoms with van der Waals surface area (Å²) in [6.07, 6.45) is 5.20. The fraction of sp³-hybridized carbons (Fsp3) is 0.667. The van der Waals surface area contributed by atoms with E-state index in [0.29, 0.717) is 6.42 Å². The molecule has 5 nitrogen and oxygen atoms in total. The van der Waals surface area contributed by atoms with Gasteiger partial charge in [0, 0.05) is 0 Å². The molecule has 0 radical (unpaired) electrons. The lowest BCUT2D eigenvalue weighted by Crippen LogP contribution is -2.47. The van der Waals surface area contributed by atoms with E-state index in [-0.39, 0.29) is 41.4 Å². The topological polar surface area (TPSA) is 74.7 Å². The van der Waals surface area contributed by atoms with Crippen LogP contribution in [0.15, 0.2) is 12.2 Å². The van der Waals surface area contributed by atoms with Gasteiger partial charge < -0.3 is 5.11 Å². The zero-order valence-electron chi connectivity index (χ0n) is 11.7. The summed E-state index contributed by atoms with van der Waals surface area (Å²) in [6.45, 7) is 3.79. The summed E-state index contributed by atoms with van der Waals surface area (Å²) < 4.78 is 0. The van der Waals surface area contributed by atoms with Crippen molar-refractivity contribution in [2.24, 2.45) is 29.6 Å². The molecule has 0 aromatic carbocycles. The lowest BCUT2D eigenvalue weighted by atomic mass is 9.85. The van der Waals surface area contributed by atoms with Gasteiger partial charge in [0.05, 0.1) is 11.8 Å². The second kappa shape index (κ2) is 4.43. The van der Waals surface area contributed by atoms with Gasteiger partial charge in [-0.1, -0.05) is 26.0 Å². The molecule has 1 saturated carbocycles. The largest absolute Gasteiger partial charge is 0.480 e. The predicted octanol–water partition coefficient (Wildman–Crippen LogP) is 1.29. The van der Waals surface area contributed by atoms with Crippen molar-refractivity contribution in [3.63, 3.8) is 0 Å². The van der Waals surface area contributed by atoms with Crippen molar-refractivity contribution in [3.05, 3.63) is 12.2 Å². The maximum absolute atomic E-state index is 12.5. The maximum atomic E-state index is 12.5. The molecule has 5 heteroatoms. The van der Waals surface area contributed by atoms with Gasteiger partial charge in [0.2, 0.25) is 11.8 Å². The Labute approximate surface area is 117 Å². The van der Waals surface area contributed by atoms with Gasteiger partial charge in [-0.15, -0.1) is 0 Å². The van der Waals surface area contributed by atoms with E-state index in [9.17, 15) is 19.5 Å². The van der Waals surface area contributed by atoms with E-state index in [1.807, 2.05) is 26.0 Å². The molecule has 2 aliphatic carbocycles. The van der Waals surface area contributed by atoms with E-state index in [4.69, 9.17) is 0 Å². The summed E-state index contributed by atoms with van der Waals surface area (Å²) in [6, 6.07) is -1.01. The molecule has 1 heterocycles. The number of carboxylic acid groups (broad SMARTS) is 1. The van der Waals surface area contributed by atoms with E-state index in [2.05, 4.69) is 0 Å². The Bertz CT molecular complexity index is 480. The van der Waals surface area contributed by atoms with Crippen molar-refractivity contribution in [1.82, 2.24) is 4.90 Å². The third-order valence-electron chi connectivity index (χ3n) is 4.80. The SMILES string of the molecule is CC(C)C[C@H](C(=O)O)N1C(=O)[C@H]2[C@H](C1=O)[C@H]1C=C[C@H]2C1. The van der Waals surface area contributed by atoms with Crippen LogP contribution in [0.5, 0.6) is 0 Å². The standard InChI is InChI=1S/C15H19NO4/c1-7(2)5-10(15(19)20)16-13(17)11-8-3-4-9(6-8)12(11)14(16)18/h3-4,7-12H,5-6H2,1-2H3,(H,19,20)/t8-,9-,10+,11+,12+/m0/s1. The number of nitrogens with zero attached hydrogens (tertiary/aromatic N) is 1. The summed E-state index contributed by atoms with van der Waals surface area (Å²) in [5.74, 6) is -1.89. The zero-order valence-corrected chi connectivity index (χ0v) is 11.7. The number of carbonyl (C=O) groups is 3. The quantitative estimate of drug-likeness (QED) is 0.620. The van der Waals surface area contributed by atoms with Crippen LogP contribution in [0.4, 0.5) is 0 Å². The Morgan fingerprint density at radius 1 is 1.25 bits per heavy atom. The van der Waals surface area contributed by atoms with Crippen molar-refractivity contribution in [2.45, 2.75) is 32.7 Å². The highest BCUT2D eigenvalue weighted by Gasteiger charge is 2.61. The highest BCUT2D eigenvalue weighted by atomic mass is 16.4. The number of carboxylic acids is 1. The number of imide groups is 1. The summed E-state index contributed by atoms with van der Waals surface area (Å²) in [4.78, 5) is 37.5. The summed E-state index contributed by atoms with van der Waals surface area (Å²) in [7, 11) is 0. The third kappa shape index (κ3) is 1.72. The van der Waals surface area contributed by atoms with Crippen LogP contribution >= 0.6 is 0 Å². The van der Waals surface area contributed by atoms with Crippen LogP contribution in [0.25, 0.3) is 0 Å². The molecule has 0 unspecified atom stereocenters. The monoisotopic (exact) mass is 277 g/mol. The van der Waals surface area contributed by atoms with E-state index >= 15 is 0 Å². The normalized spacial score (nSPS) is 36.0. The zero-order chi connectivity index (χ0) is 14.6. The van der Waals surface area contributed by atoms with Crippen LogP contribution in [-0.2, 0) is 14.4 Å². The Kier molecular flexibility index (Phi) is 2.96. The van der Waals surface area contributed by atoms with E-state index in [0.717, 1.165) is 11.3 Å². The van der Waals surface area contributed by atoms with Crippen LogP contribution < -0.4 is 0 Å². The fourth-order valence-electron chi connectivity index (χ4n) is 4.00. The molecule has 0 aromatic heterocycles. The lowest BCUT2D eigenvalue weighted by molar-refractivity contribution is -0.156. The first-order valence-electron chi connectivity index (χ1n) is 7.20. The van der Waals surface area contributed by atoms with Crippen molar-refractivity contribution in [2.75, 3.05) is 0 Å². The van der Waals surface area contributed by atoms with E-state index in [1.54, 1.807) is 0 Å².